The zero-order valence-corrected chi connectivity index (χ0v) is 18.6. The molecule has 0 radical (unpaired) electrons. The van der Waals surface area contributed by atoms with E-state index in [1.807, 2.05) is 42.6 Å². The molecule has 1 aliphatic heterocycles. The predicted octanol–water partition coefficient (Wildman–Crippen LogP) is 3.56. The molecule has 1 unspecified atom stereocenters. The standard InChI is InChI=1S/C26H29N3O3/c1-31-24-10-4-8-22(25(24)32-2)17-29-13-12-28-26(30)23(18-29)15-19-6-3-7-20(14-19)21-9-5-11-27-16-21/h3-11,14,16,23H,12-13,15,17-18H2,1-2H3,(H,28,30). The fraction of sp³-hybridized carbons (Fsp3) is 0.308. The van der Waals surface area contributed by atoms with Crippen LogP contribution in [0.15, 0.2) is 67.0 Å². The fourth-order valence-electron chi connectivity index (χ4n) is 4.28. The van der Waals surface area contributed by atoms with Crippen LogP contribution >= 0.6 is 0 Å². The van der Waals surface area contributed by atoms with Gasteiger partial charge in [-0.05, 0) is 35.2 Å². The summed E-state index contributed by atoms with van der Waals surface area (Å²) in [4.78, 5) is 19.3. The number of carbonyl (C=O) groups excluding carboxylic acids is 1. The second kappa shape index (κ2) is 10.3. The lowest BCUT2D eigenvalue weighted by Crippen LogP contribution is -2.33. The number of aromatic nitrogens is 1. The zero-order chi connectivity index (χ0) is 22.3. The molecule has 2 aromatic carbocycles. The minimum atomic E-state index is -0.127. The van der Waals surface area contributed by atoms with Crippen molar-refractivity contribution in [3.63, 3.8) is 0 Å². The lowest BCUT2D eigenvalue weighted by molar-refractivity contribution is -0.124. The minimum Gasteiger partial charge on any atom is -0.493 e. The normalized spacial score (nSPS) is 16.8. The second-order valence-corrected chi connectivity index (χ2v) is 8.02. The first kappa shape index (κ1) is 21.8. The van der Waals surface area contributed by atoms with Crippen molar-refractivity contribution >= 4 is 5.91 Å². The number of para-hydroxylation sites is 1. The Morgan fingerprint density at radius 3 is 2.69 bits per heavy atom. The highest BCUT2D eigenvalue weighted by molar-refractivity contribution is 5.79. The molecule has 1 amide bonds. The number of pyridine rings is 1. The third kappa shape index (κ3) is 5.08. The van der Waals surface area contributed by atoms with Gasteiger partial charge in [0.15, 0.2) is 11.5 Å². The van der Waals surface area contributed by atoms with Crippen molar-refractivity contribution in [2.75, 3.05) is 33.9 Å². The Balaban J connectivity index is 1.51. The third-order valence-corrected chi connectivity index (χ3v) is 5.86. The van der Waals surface area contributed by atoms with Gasteiger partial charge in [0.25, 0.3) is 0 Å². The Hall–Kier alpha value is -3.38. The van der Waals surface area contributed by atoms with Crippen molar-refractivity contribution in [2.24, 2.45) is 5.92 Å². The molecule has 1 aliphatic rings. The molecule has 1 atom stereocenters. The van der Waals surface area contributed by atoms with Crippen LogP contribution in [-0.2, 0) is 17.8 Å². The average molecular weight is 432 g/mol. The first-order valence-electron chi connectivity index (χ1n) is 10.9. The molecule has 3 aromatic rings. The summed E-state index contributed by atoms with van der Waals surface area (Å²) in [5.41, 5.74) is 4.39. The molecule has 1 fully saturated rings. The van der Waals surface area contributed by atoms with Crippen LogP contribution in [0.1, 0.15) is 11.1 Å². The summed E-state index contributed by atoms with van der Waals surface area (Å²) >= 11 is 0. The van der Waals surface area contributed by atoms with E-state index in [1.54, 1.807) is 20.4 Å². The summed E-state index contributed by atoms with van der Waals surface area (Å²) in [5, 5.41) is 3.08. The van der Waals surface area contributed by atoms with E-state index in [2.05, 4.69) is 33.4 Å². The zero-order valence-electron chi connectivity index (χ0n) is 18.6. The molecule has 6 nitrogen and oxygen atoms in total. The third-order valence-electron chi connectivity index (χ3n) is 5.86. The van der Waals surface area contributed by atoms with E-state index in [9.17, 15) is 4.79 Å². The summed E-state index contributed by atoms with van der Waals surface area (Å²) in [6.07, 6.45) is 4.32. The Bertz CT molecular complexity index is 1060. The smallest absolute Gasteiger partial charge is 0.224 e. The van der Waals surface area contributed by atoms with E-state index in [1.165, 1.54) is 0 Å². The summed E-state index contributed by atoms with van der Waals surface area (Å²) in [6.45, 7) is 2.81. The number of ether oxygens (including phenoxy) is 2. The molecule has 4 rings (SSSR count). The highest BCUT2D eigenvalue weighted by Crippen LogP contribution is 2.32. The molecule has 166 valence electrons. The summed E-state index contributed by atoms with van der Waals surface area (Å²) in [6, 6.07) is 18.3. The van der Waals surface area contributed by atoms with Gasteiger partial charge < -0.3 is 14.8 Å². The number of rotatable bonds is 7. The van der Waals surface area contributed by atoms with Crippen LogP contribution in [-0.4, -0.2) is 49.6 Å². The molecule has 6 heteroatoms. The van der Waals surface area contributed by atoms with E-state index in [0.717, 1.165) is 40.3 Å². The van der Waals surface area contributed by atoms with Crippen LogP contribution in [0.2, 0.25) is 0 Å². The molecule has 32 heavy (non-hydrogen) atoms. The Morgan fingerprint density at radius 2 is 1.91 bits per heavy atom. The number of benzene rings is 2. The molecule has 2 heterocycles. The van der Waals surface area contributed by atoms with Crippen molar-refractivity contribution in [1.82, 2.24) is 15.2 Å². The maximum atomic E-state index is 12.8. The van der Waals surface area contributed by atoms with Gasteiger partial charge in [-0.1, -0.05) is 42.5 Å². The lowest BCUT2D eigenvalue weighted by atomic mass is 9.95. The van der Waals surface area contributed by atoms with E-state index >= 15 is 0 Å². The largest absolute Gasteiger partial charge is 0.493 e. The number of methoxy groups -OCH3 is 2. The van der Waals surface area contributed by atoms with Crippen LogP contribution in [0.25, 0.3) is 11.1 Å². The molecule has 0 spiro atoms. The SMILES string of the molecule is COc1cccc(CN2CCNC(=O)C(Cc3cccc(-c4cccnc4)c3)C2)c1OC. The number of hydrogen-bond acceptors (Lipinski definition) is 5. The Labute approximate surface area is 189 Å². The second-order valence-electron chi connectivity index (χ2n) is 8.02. The molecule has 1 saturated heterocycles. The first-order valence-corrected chi connectivity index (χ1v) is 10.9. The van der Waals surface area contributed by atoms with Crippen molar-refractivity contribution in [1.29, 1.82) is 0 Å². The van der Waals surface area contributed by atoms with Gasteiger partial charge in [-0.15, -0.1) is 0 Å². The molecular formula is C26H29N3O3. The topological polar surface area (TPSA) is 63.7 Å². The highest BCUT2D eigenvalue weighted by atomic mass is 16.5. The lowest BCUT2D eigenvalue weighted by Gasteiger charge is -2.24. The average Bonchev–Trinajstić information content (AvgIpc) is 3.00. The molecule has 1 aromatic heterocycles. The molecule has 0 aliphatic carbocycles. The molecule has 0 saturated carbocycles. The minimum absolute atomic E-state index is 0.108. The van der Waals surface area contributed by atoms with Gasteiger partial charge in [0, 0.05) is 44.1 Å². The van der Waals surface area contributed by atoms with Gasteiger partial charge in [-0.2, -0.15) is 0 Å². The van der Waals surface area contributed by atoms with Crippen LogP contribution < -0.4 is 14.8 Å². The van der Waals surface area contributed by atoms with Crippen LogP contribution in [0.4, 0.5) is 0 Å². The highest BCUT2D eigenvalue weighted by Gasteiger charge is 2.26. The van der Waals surface area contributed by atoms with Gasteiger partial charge in [-0.25, -0.2) is 0 Å². The number of nitrogens with one attached hydrogen (secondary N) is 1. The number of amides is 1. The number of hydrogen-bond donors (Lipinski definition) is 1. The van der Waals surface area contributed by atoms with Crippen LogP contribution in [0.5, 0.6) is 11.5 Å². The molecular weight excluding hydrogens is 402 g/mol. The van der Waals surface area contributed by atoms with Gasteiger partial charge in [0.05, 0.1) is 20.1 Å². The summed E-state index contributed by atoms with van der Waals surface area (Å²) in [7, 11) is 3.30. The van der Waals surface area contributed by atoms with Gasteiger partial charge in [0.2, 0.25) is 5.91 Å². The maximum Gasteiger partial charge on any atom is 0.224 e. The molecule has 1 N–H and O–H groups in total. The van der Waals surface area contributed by atoms with Gasteiger partial charge in [0.1, 0.15) is 0 Å². The fourth-order valence-corrected chi connectivity index (χ4v) is 4.28. The Kier molecular flexibility index (Phi) is 7.02. The van der Waals surface area contributed by atoms with E-state index < -0.39 is 0 Å². The quantitative estimate of drug-likeness (QED) is 0.620. The monoisotopic (exact) mass is 431 g/mol. The van der Waals surface area contributed by atoms with Gasteiger partial charge >= 0.3 is 0 Å². The summed E-state index contributed by atoms with van der Waals surface area (Å²) < 4.78 is 11.0. The number of nitrogens with zero attached hydrogens (tertiary/aromatic N) is 2. The van der Waals surface area contributed by atoms with Crippen molar-refractivity contribution in [2.45, 2.75) is 13.0 Å². The van der Waals surface area contributed by atoms with E-state index in [0.29, 0.717) is 26.1 Å². The Morgan fingerprint density at radius 1 is 1.06 bits per heavy atom. The van der Waals surface area contributed by atoms with Crippen molar-refractivity contribution in [3.8, 4) is 22.6 Å². The first-order chi connectivity index (χ1) is 15.7. The van der Waals surface area contributed by atoms with Gasteiger partial charge in [-0.3, -0.25) is 14.7 Å². The van der Waals surface area contributed by atoms with Crippen LogP contribution in [0, 0.1) is 5.92 Å². The van der Waals surface area contributed by atoms with Crippen molar-refractivity contribution < 1.29 is 14.3 Å². The summed E-state index contributed by atoms with van der Waals surface area (Å²) in [5.74, 6) is 1.45. The van der Waals surface area contributed by atoms with Crippen molar-refractivity contribution in [3.05, 3.63) is 78.1 Å². The predicted molar refractivity (Wildman–Crippen MR) is 125 cm³/mol. The van der Waals surface area contributed by atoms with E-state index in [4.69, 9.17) is 9.47 Å². The van der Waals surface area contributed by atoms with E-state index in [-0.39, 0.29) is 11.8 Å². The maximum absolute atomic E-state index is 12.8. The van der Waals surface area contributed by atoms with Crippen LogP contribution in [0.3, 0.4) is 0 Å². The molecule has 0 bridgehead atoms. The number of carbonyl (C=O) groups is 1.